The van der Waals surface area contributed by atoms with Crippen molar-refractivity contribution in [1.29, 1.82) is 0 Å². The van der Waals surface area contributed by atoms with Crippen molar-refractivity contribution >= 4 is 16.9 Å². The van der Waals surface area contributed by atoms with Gasteiger partial charge in [0.05, 0.1) is 13.2 Å². The van der Waals surface area contributed by atoms with E-state index in [1.807, 2.05) is 30.3 Å². The number of rotatable bonds is 4. The second kappa shape index (κ2) is 6.28. The Morgan fingerprint density at radius 1 is 1.43 bits per heavy atom. The third-order valence-electron chi connectivity index (χ3n) is 3.80. The molecule has 2 aromatic rings. The van der Waals surface area contributed by atoms with Crippen molar-refractivity contribution in [3.8, 4) is 0 Å². The van der Waals surface area contributed by atoms with Gasteiger partial charge in [-0.1, -0.05) is 25.1 Å². The maximum absolute atomic E-state index is 12.1. The van der Waals surface area contributed by atoms with Crippen molar-refractivity contribution < 1.29 is 13.9 Å². The van der Waals surface area contributed by atoms with E-state index in [4.69, 9.17) is 9.15 Å². The summed E-state index contributed by atoms with van der Waals surface area (Å²) in [6.07, 6.45) is -0.386. The van der Waals surface area contributed by atoms with Crippen molar-refractivity contribution in [3.05, 3.63) is 36.1 Å². The van der Waals surface area contributed by atoms with Gasteiger partial charge in [-0.2, -0.15) is 0 Å². The number of para-hydroxylation sites is 1. The van der Waals surface area contributed by atoms with Crippen LogP contribution in [0, 0.1) is 0 Å². The van der Waals surface area contributed by atoms with Gasteiger partial charge in [-0.15, -0.1) is 0 Å². The van der Waals surface area contributed by atoms with Gasteiger partial charge in [0.1, 0.15) is 17.4 Å². The van der Waals surface area contributed by atoms with E-state index in [1.165, 1.54) is 0 Å². The molecule has 1 aliphatic heterocycles. The Morgan fingerprint density at radius 3 is 3.10 bits per heavy atom. The maximum atomic E-state index is 12.1. The maximum Gasteiger partial charge on any atom is 0.250 e. The number of carbonyl (C=O) groups is 1. The largest absolute Gasteiger partial charge is 0.459 e. The normalized spacial score (nSPS) is 19.8. The molecule has 1 N–H and O–H groups in total. The molecule has 1 aromatic carbocycles. The molecule has 21 heavy (non-hydrogen) atoms. The predicted molar refractivity (Wildman–Crippen MR) is 79.9 cm³/mol. The Hall–Kier alpha value is -1.85. The van der Waals surface area contributed by atoms with Crippen molar-refractivity contribution in [3.63, 3.8) is 0 Å². The molecule has 0 radical (unpaired) electrons. The Labute approximate surface area is 123 Å². The molecule has 1 aliphatic rings. The van der Waals surface area contributed by atoms with Crippen LogP contribution < -0.4 is 5.32 Å². The van der Waals surface area contributed by atoms with E-state index in [0.29, 0.717) is 19.7 Å². The molecule has 1 saturated heterocycles. The number of nitrogens with zero attached hydrogens (tertiary/aromatic N) is 1. The number of ether oxygens (including phenoxy) is 1. The Morgan fingerprint density at radius 2 is 2.29 bits per heavy atom. The molecular weight excluding hydrogens is 268 g/mol. The van der Waals surface area contributed by atoms with E-state index < -0.39 is 0 Å². The zero-order chi connectivity index (χ0) is 14.7. The minimum absolute atomic E-state index is 0.0754. The molecule has 5 nitrogen and oxygen atoms in total. The average Bonchev–Trinajstić information content (AvgIpc) is 2.95. The van der Waals surface area contributed by atoms with Gasteiger partial charge < -0.3 is 14.5 Å². The Kier molecular flexibility index (Phi) is 4.22. The fraction of sp³-hybridized carbons (Fsp3) is 0.438. The van der Waals surface area contributed by atoms with Gasteiger partial charge in [0.2, 0.25) is 0 Å². The lowest BCUT2D eigenvalue weighted by atomic mass is 10.2. The van der Waals surface area contributed by atoms with Crippen LogP contribution in [0.5, 0.6) is 0 Å². The summed E-state index contributed by atoms with van der Waals surface area (Å²) in [5, 5.41) is 3.94. The van der Waals surface area contributed by atoms with Crippen LogP contribution in [0.2, 0.25) is 0 Å². The molecule has 3 rings (SSSR count). The lowest BCUT2D eigenvalue weighted by Gasteiger charge is -2.31. The predicted octanol–water partition coefficient (Wildman–Crippen LogP) is 1.77. The number of fused-ring (bicyclic) bond motifs is 1. The highest BCUT2D eigenvalue weighted by Crippen LogP contribution is 2.18. The fourth-order valence-corrected chi connectivity index (χ4v) is 2.56. The standard InChI is InChI=1S/C16H20N2O3/c1-2-18-7-8-20-15(11-18)16(19)17-10-13-9-12-5-3-4-6-14(12)21-13/h3-6,9,15H,2,7-8,10-11H2,1H3,(H,17,19). The highest BCUT2D eigenvalue weighted by molar-refractivity contribution is 5.81. The molecule has 0 spiro atoms. The number of nitrogens with one attached hydrogen (secondary N) is 1. The number of likely N-dealkylation sites (N-methyl/N-ethyl adjacent to an activating group) is 1. The first kappa shape index (κ1) is 14.1. The number of amides is 1. The van der Waals surface area contributed by atoms with Crippen LogP contribution in [0.1, 0.15) is 12.7 Å². The van der Waals surface area contributed by atoms with Crippen LogP contribution >= 0.6 is 0 Å². The first-order valence-corrected chi connectivity index (χ1v) is 7.35. The van der Waals surface area contributed by atoms with Crippen LogP contribution in [0.3, 0.4) is 0 Å². The van der Waals surface area contributed by atoms with Crippen LogP contribution in [0.25, 0.3) is 11.0 Å². The molecule has 0 saturated carbocycles. The van der Waals surface area contributed by atoms with Gasteiger partial charge in [0.25, 0.3) is 5.91 Å². The molecule has 5 heteroatoms. The van der Waals surface area contributed by atoms with Gasteiger partial charge >= 0.3 is 0 Å². The molecule has 0 aliphatic carbocycles. The third-order valence-corrected chi connectivity index (χ3v) is 3.80. The summed E-state index contributed by atoms with van der Waals surface area (Å²) in [6, 6.07) is 9.77. The van der Waals surface area contributed by atoms with E-state index in [9.17, 15) is 4.79 Å². The zero-order valence-corrected chi connectivity index (χ0v) is 12.2. The fourth-order valence-electron chi connectivity index (χ4n) is 2.56. The summed E-state index contributed by atoms with van der Waals surface area (Å²) < 4.78 is 11.2. The lowest BCUT2D eigenvalue weighted by Crippen LogP contribution is -2.49. The molecule has 1 fully saturated rings. The van der Waals surface area contributed by atoms with Crippen molar-refractivity contribution in [2.75, 3.05) is 26.2 Å². The number of morpholine rings is 1. The van der Waals surface area contributed by atoms with E-state index in [0.717, 1.165) is 29.8 Å². The van der Waals surface area contributed by atoms with Crippen LogP contribution in [-0.2, 0) is 16.1 Å². The quantitative estimate of drug-likeness (QED) is 0.931. The van der Waals surface area contributed by atoms with Crippen molar-refractivity contribution in [2.24, 2.45) is 0 Å². The minimum Gasteiger partial charge on any atom is -0.459 e. The second-order valence-electron chi connectivity index (χ2n) is 5.22. The number of carbonyl (C=O) groups excluding carboxylic acids is 1. The highest BCUT2D eigenvalue weighted by Gasteiger charge is 2.25. The summed E-state index contributed by atoms with van der Waals surface area (Å²) in [7, 11) is 0. The molecule has 1 amide bonds. The smallest absolute Gasteiger partial charge is 0.250 e. The number of hydrogen-bond donors (Lipinski definition) is 1. The van der Waals surface area contributed by atoms with Gasteiger partial charge in [0.15, 0.2) is 0 Å². The summed E-state index contributed by atoms with van der Waals surface area (Å²) >= 11 is 0. The van der Waals surface area contributed by atoms with Gasteiger partial charge in [-0.05, 0) is 18.7 Å². The van der Waals surface area contributed by atoms with E-state index in [2.05, 4.69) is 17.1 Å². The zero-order valence-electron chi connectivity index (χ0n) is 12.2. The van der Waals surface area contributed by atoms with Gasteiger partial charge in [-0.25, -0.2) is 0 Å². The number of furan rings is 1. The van der Waals surface area contributed by atoms with Crippen molar-refractivity contribution in [2.45, 2.75) is 19.6 Å². The van der Waals surface area contributed by atoms with Gasteiger partial charge in [-0.3, -0.25) is 9.69 Å². The number of hydrogen-bond acceptors (Lipinski definition) is 4. The Balaban J connectivity index is 1.57. The molecule has 1 unspecified atom stereocenters. The SMILES string of the molecule is CCN1CCOC(C(=O)NCc2cc3ccccc3o2)C1. The second-order valence-corrected chi connectivity index (χ2v) is 5.22. The van der Waals surface area contributed by atoms with Crippen LogP contribution in [0.4, 0.5) is 0 Å². The minimum atomic E-state index is -0.386. The molecule has 0 bridgehead atoms. The van der Waals surface area contributed by atoms with E-state index in [-0.39, 0.29) is 12.0 Å². The molecular formula is C16H20N2O3. The monoisotopic (exact) mass is 288 g/mol. The van der Waals surface area contributed by atoms with Crippen LogP contribution in [-0.4, -0.2) is 43.2 Å². The van der Waals surface area contributed by atoms with Crippen LogP contribution in [0.15, 0.2) is 34.7 Å². The van der Waals surface area contributed by atoms with E-state index >= 15 is 0 Å². The summed E-state index contributed by atoms with van der Waals surface area (Å²) in [5.41, 5.74) is 0.841. The topological polar surface area (TPSA) is 54.7 Å². The lowest BCUT2D eigenvalue weighted by molar-refractivity contribution is -0.138. The number of benzene rings is 1. The highest BCUT2D eigenvalue weighted by atomic mass is 16.5. The van der Waals surface area contributed by atoms with E-state index in [1.54, 1.807) is 0 Å². The first-order valence-electron chi connectivity index (χ1n) is 7.35. The summed E-state index contributed by atoms with van der Waals surface area (Å²) in [4.78, 5) is 14.4. The molecule has 2 heterocycles. The molecule has 112 valence electrons. The first-order chi connectivity index (χ1) is 10.3. The van der Waals surface area contributed by atoms with Gasteiger partial charge in [0, 0.05) is 18.5 Å². The average molecular weight is 288 g/mol. The summed E-state index contributed by atoms with van der Waals surface area (Å²) in [6.45, 7) is 5.58. The Bertz CT molecular complexity index is 590. The van der Waals surface area contributed by atoms with Crippen molar-refractivity contribution in [1.82, 2.24) is 10.2 Å². The summed E-state index contributed by atoms with van der Waals surface area (Å²) in [5.74, 6) is 0.682. The molecule has 1 aromatic heterocycles. The third kappa shape index (κ3) is 3.25. The molecule has 1 atom stereocenters.